The number of benzene rings is 2. The minimum Gasteiger partial charge on any atom is -0.497 e. The first kappa shape index (κ1) is 20.4. The zero-order chi connectivity index (χ0) is 21.4. The minimum absolute atomic E-state index is 0.0698. The van der Waals surface area contributed by atoms with Gasteiger partial charge in [0.1, 0.15) is 5.75 Å². The van der Waals surface area contributed by atoms with Crippen molar-refractivity contribution in [2.24, 2.45) is 11.8 Å². The van der Waals surface area contributed by atoms with Gasteiger partial charge in [-0.15, -0.1) is 0 Å². The molecule has 2 saturated heterocycles. The SMILES string of the molecule is COC(=O)c1cc(OC)cc(C(=O)N2C[C@@H]3CN(C)[C@H](c4ccccc4C)[C@@H]3C2)c1. The number of methoxy groups -OCH3 is 2. The average Bonchev–Trinajstić information content (AvgIpc) is 3.29. The standard InChI is InChI=1S/C24H28N2O4/c1-15-7-5-6-8-20(15)22-21-14-26(13-18(21)12-25(22)2)23(27)16-9-17(24(28)30-4)11-19(10-16)29-3/h5-11,18,21-22H,12-14H2,1-4H3/t18-,21+,22+/m0/s1. The molecule has 30 heavy (non-hydrogen) atoms. The molecule has 2 aromatic rings. The summed E-state index contributed by atoms with van der Waals surface area (Å²) in [5, 5.41) is 0. The van der Waals surface area contributed by atoms with Gasteiger partial charge in [-0.3, -0.25) is 9.69 Å². The first-order valence-electron chi connectivity index (χ1n) is 10.3. The number of likely N-dealkylation sites (tertiary alicyclic amines) is 2. The number of ether oxygens (including phenoxy) is 2. The Kier molecular flexibility index (Phi) is 5.52. The number of hydrogen-bond donors (Lipinski definition) is 0. The fourth-order valence-electron chi connectivity index (χ4n) is 5.07. The largest absolute Gasteiger partial charge is 0.497 e. The summed E-state index contributed by atoms with van der Waals surface area (Å²) in [5.41, 5.74) is 3.40. The third kappa shape index (κ3) is 3.56. The van der Waals surface area contributed by atoms with Crippen LogP contribution in [-0.2, 0) is 4.74 Å². The molecule has 2 heterocycles. The lowest BCUT2D eigenvalue weighted by Gasteiger charge is -2.28. The summed E-state index contributed by atoms with van der Waals surface area (Å²) in [6.45, 7) is 4.55. The lowest BCUT2D eigenvalue weighted by molar-refractivity contribution is 0.0600. The highest BCUT2D eigenvalue weighted by Gasteiger charge is 2.47. The van der Waals surface area contributed by atoms with Crippen molar-refractivity contribution in [3.05, 3.63) is 64.7 Å². The van der Waals surface area contributed by atoms with E-state index in [1.165, 1.54) is 25.3 Å². The van der Waals surface area contributed by atoms with Crippen LogP contribution in [-0.4, -0.2) is 62.6 Å². The van der Waals surface area contributed by atoms with Crippen LogP contribution in [0.15, 0.2) is 42.5 Å². The van der Waals surface area contributed by atoms with Crippen molar-refractivity contribution in [3.63, 3.8) is 0 Å². The average molecular weight is 408 g/mol. The summed E-state index contributed by atoms with van der Waals surface area (Å²) in [6.07, 6.45) is 0. The van der Waals surface area contributed by atoms with Gasteiger partial charge in [0.05, 0.1) is 19.8 Å². The second kappa shape index (κ2) is 8.11. The van der Waals surface area contributed by atoms with Crippen molar-refractivity contribution in [2.75, 3.05) is 40.9 Å². The number of carbonyl (C=O) groups is 2. The van der Waals surface area contributed by atoms with Gasteiger partial charge >= 0.3 is 5.97 Å². The van der Waals surface area contributed by atoms with Crippen LogP contribution >= 0.6 is 0 Å². The zero-order valence-corrected chi connectivity index (χ0v) is 17.9. The Morgan fingerprint density at radius 2 is 1.73 bits per heavy atom. The van der Waals surface area contributed by atoms with Crippen LogP contribution in [0.25, 0.3) is 0 Å². The van der Waals surface area contributed by atoms with Crippen molar-refractivity contribution in [2.45, 2.75) is 13.0 Å². The molecule has 2 aliphatic rings. The third-order valence-corrected chi connectivity index (χ3v) is 6.50. The van der Waals surface area contributed by atoms with Crippen molar-refractivity contribution in [3.8, 4) is 5.75 Å². The van der Waals surface area contributed by atoms with Crippen LogP contribution in [0, 0.1) is 18.8 Å². The fraction of sp³-hybridized carbons (Fsp3) is 0.417. The maximum absolute atomic E-state index is 13.3. The summed E-state index contributed by atoms with van der Waals surface area (Å²) < 4.78 is 10.1. The maximum Gasteiger partial charge on any atom is 0.338 e. The smallest absolute Gasteiger partial charge is 0.338 e. The van der Waals surface area contributed by atoms with E-state index in [1.807, 2.05) is 4.90 Å². The molecule has 0 N–H and O–H groups in total. The van der Waals surface area contributed by atoms with E-state index in [4.69, 9.17) is 9.47 Å². The summed E-state index contributed by atoms with van der Waals surface area (Å²) >= 11 is 0. The molecule has 0 aromatic heterocycles. The Morgan fingerprint density at radius 1 is 1.00 bits per heavy atom. The Hall–Kier alpha value is -2.86. The van der Waals surface area contributed by atoms with Crippen LogP contribution in [0.1, 0.15) is 37.9 Å². The number of amides is 1. The van der Waals surface area contributed by atoms with Crippen LogP contribution in [0.2, 0.25) is 0 Å². The molecule has 0 bridgehead atoms. The molecule has 4 rings (SSSR count). The molecule has 0 radical (unpaired) electrons. The van der Waals surface area contributed by atoms with Crippen molar-refractivity contribution in [1.82, 2.24) is 9.80 Å². The predicted molar refractivity (Wildman–Crippen MR) is 114 cm³/mol. The van der Waals surface area contributed by atoms with Crippen LogP contribution < -0.4 is 4.74 Å². The monoisotopic (exact) mass is 408 g/mol. The van der Waals surface area contributed by atoms with Gasteiger partial charge in [0.25, 0.3) is 5.91 Å². The second-order valence-electron chi connectivity index (χ2n) is 8.32. The van der Waals surface area contributed by atoms with Crippen molar-refractivity contribution >= 4 is 11.9 Å². The van der Waals surface area contributed by atoms with Gasteiger partial charge in [-0.2, -0.15) is 0 Å². The highest BCUT2D eigenvalue weighted by Crippen LogP contribution is 2.45. The number of carbonyl (C=O) groups excluding carboxylic acids is 2. The number of fused-ring (bicyclic) bond motifs is 1. The Bertz CT molecular complexity index is 973. The van der Waals surface area contributed by atoms with Gasteiger partial charge < -0.3 is 14.4 Å². The van der Waals surface area contributed by atoms with Crippen molar-refractivity contribution in [1.29, 1.82) is 0 Å². The lowest BCUT2D eigenvalue weighted by atomic mass is 9.88. The van der Waals surface area contributed by atoms with Crippen molar-refractivity contribution < 1.29 is 19.1 Å². The van der Waals surface area contributed by atoms with E-state index in [-0.39, 0.29) is 5.91 Å². The molecule has 2 aromatic carbocycles. The Morgan fingerprint density at radius 3 is 2.43 bits per heavy atom. The Balaban J connectivity index is 1.58. The molecular weight excluding hydrogens is 380 g/mol. The van der Waals surface area contributed by atoms with E-state index in [0.717, 1.165) is 13.1 Å². The van der Waals surface area contributed by atoms with E-state index in [1.54, 1.807) is 18.2 Å². The number of hydrogen-bond acceptors (Lipinski definition) is 5. The minimum atomic E-state index is -0.484. The molecule has 1 amide bonds. The van der Waals surface area contributed by atoms with Gasteiger partial charge in [0, 0.05) is 37.2 Å². The molecule has 0 saturated carbocycles. The molecule has 0 unspecified atom stereocenters. The van der Waals surface area contributed by atoms with E-state index in [2.05, 4.69) is 43.1 Å². The predicted octanol–water partition coefficient (Wildman–Crippen LogP) is 3.17. The number of aryl methyl sites for hydroxylation is 1. The first-order chi connectivity index (χ1) is 14.4. The normalized spacial score (nSPS) is 23.3. The molecule has 2 fully saturated rings. The molecule has 2 aliphatic heterocycles. The van der Waals surface area contributed by atoms with E-state index in [0.29, 0.717) is 41.3 Å². The third-order valence-electron chi connectivity index (χ3n) is 6.50. The van der Waals surface area contributed by atoms with Gasteiger partial charge in [-0.25, -0.2) is 4.79 Å². The van der Waals surface area contributed by atoms with E-state index in [9.17, 15) is 9.59 Å². The molecule has 0 spiro atoms. The van der Waals surface area contributed by atoms with Crippen LogP contribution in [0.5, 0.6) is 5.75 Å². The molecule has 6 nitrogen and oxygen atoms in total. The summed E-state index contributed by atoms with van der Waals surface area (Å²) in [4.78, 5) is 29.6. The zero-order valence-electron chi connectivity index (χ0n) is 17.9. The summed E-state index contributed by atoms with van der Waals surface area (Å²) in [5.74, 6) is 0.750. The molecular formula is C24H28N2O4. The Labute approximate surface area is 177 Å². The fourth-order valence-corrected chi connectivity index (χ4v) is 5.07. The number of rotatable bonds is 4. The summed E-state index contributed by atoms with van der Waals surface area (Å²) in [7, 11) is 5.02. The first-order valence-corrected chi connectivity index (χ1v) is 10.3. The van der Waals surface area contributed by atoms with E-state index >= 15 is 0 Å². The van der Waals surface area contributed by atoms with Gasteiger partial charge in [0.2, 0.25) is 0 Å². The maximum atomic E-state index is 13.3. The number of nitrogens with zero attached hydrogens (tertiary/aromatic N) is 2. The molecule has 158 valence electrons. The molecule has 6 heteroatoms. The lowest BCUT2D eigenvalue weighted by Crippen LogP contribution is -2.33. The quantitative estimate of drug-likeness (QED) is 0.728. The van der Waals surface area contributed by atoms with Gasteiger partial charge in [0.15, 0.2) is 0 Å². The highest BCUT2D eigenvalue weighted by atomic mass is 16.5. The molecule has 0 aliphatic carbocycles. The van der Waals surface area contributed by atoms with Crippen LogP contribution in [0.3, 0.4) is 0 Å². The highest BCUT2D eigenvalue weighted by molar-refractivity contribution is 5.98. The molecule has 3 atom stereocenters. The van der Waals surface area contributed by atoms with E-state index < -0.39 is 5.97 Å². The summed E-state index contributed by atoms with van der Waals surface area (Å²) in [6, 6.07) is 13.7. The topological polar surface area (TPSA) is 59.1 Å². The second-order valence-corrected chi connectivity index (χ2v) is 8.32. The van der Waals surface area contributed by atoms with Gasteiger partial charge in [-0.1, -0.05) is 24.3 Å². The van der Waals surface area contributed by atoms with Crippen LogP contribution in [0.4, 0.5) is 0 Å². The number of esters is 1. The van der Waals surface area contributed by atoms with Gasteiger partial charge in [-0.05, 0) is 49.2 Å².